The largest absolute Gasteiger partial charge is 0.479 e. The van der Waals surface area contributed by atoms with Gasteiger partial charge in [0.05, 0.1) is 4.91 Å². The van der Waals surface area contributed by atoms with Crippen LogP contribution in [0.25, 0.3) is 6.08 Å². The Labute approximate surface area is 160 Å². The number of thioether (sulfide) groups is 1. The van der Waals surface area contributed by atoms with Gasteiger partial charge in [-0.2, -0.15) is 5.26 Å². The third-order valence-electron chi connectivity index (χ3n) is 3.73. The van der Waals surface area contributed by atoms with Gasteiger partial charge in [-0.05, 0) is 54.6 Å². The zero-order valence-corrected chi connectivity index (χ0v) is 15.4. The van der Waals surface area contributed by atoms with Crippen molar-refractivity contribution in [3.05, 3.63) is 64.8 Å². The van der Waals surface area contributed by atoms with E-state index in [2.05, 4.69) is 4.99 Å². The lowest BCUT2D eigenvalue weighted by Gasteiger charge is -2.12. The molecule has 3 rings (SSSR count). The maximum absolute atomic E-state index is 13.9. The predicted molar refractivity (Wildman–Crippen MR) is 104 cm³/mol. The lowest BCUT2D eigenvalue weighted by molar-refractivity contribution is -0.122. The molecule has 2 aromatic carbocycles. The van der Waals surface area contributed by atoms with E-state index in [4.69, 9.17) is 10.00 Å². The van der Waals surface area contributed by atoms with Crippen molar-refractivity contribution in [1.29, 1.82) is 5.26 Å². The molecule has 5 nitrogen and oxygen atoms in total. The fraction of sp³-hybridized carbons (Fsp3) is 0.150. The van der Waals surface area contributed by atoms with Crippen LogP contribution in [0.5, 0.6) is 5.75 Å². The first-order chi connectivity index (χ1) is 13.1. The summed E-state index contributed by atoms with van der Waals surface area (Å²) >= 11 is 1.20. The first kappa shape index (κ1) is 18.7. The Balaban J connectivity index is 1.90. The molecule has 27 heavy (non-hydrogen) atoms. The van der Waals surface area contributed by atoms with Crippen molar-refractivity contribution >= 4 is 34.6 Å². The molecule has 1 aliphatic rings. The standard InChI is InChI=1S/C20H16FN3O2S/c1-2-24-19(25)18(13-14-6-5-7-15(12-14)26-11-10-22)27-20(24)23-17-9-4-3-8-16(17)21/h3-9,12-13H,2,11H2,1H3/b18-13+,23-20?. The number of carbonyl (C=O) groups is 1. The Hall–Kier alpha value is -3.11. The third kappa shape index (κ3) is 4.36. The fourth-order valence-corrected chi connectivity index (χ4v) is 3.53. The van der Waals surface area contributed by atoms with Crippen LogP contribution in [0.1, 0.15) is 12.5 Å². The van der Waals surface area contributed by atoms with Gasteiger partial charge in [0.25, 0.3) is 5.91 Å². The van der Waals surface area contributed by atoms with Crippen molar-refractivity contribution in [3.8, 4) is 11.8 Å². The van der Waals surface area contributed by atoms with Crippen LogP contribution in [0.4, 0.5) is 10.1 Å². The second kappa shape index (κ2) is 8.52. The van der Waals surface area contributed by atoms with Gasteiger partial charge in [-0.1, -0.05) is 24.3 Å². The Morgan fingerprint density at radius 2 is 2.11 bits per heavy atom. The van der Waals surface area contributed by atoms with Crippen molar-refractivity contribution in [2.75, 3.05) is 13.2 Å². The molecule has 7 heteroatoms. The monoisotopic (exact) mass is 381 g/mol. The number of hydrogen-bond acceptors (Lipinski definition) is 5. The van der Waals surface area contributed by atoms with Gasteiger partial charge in [-0.15, -0.1) is 0 Å². The van der Waals surface area contributed by atoms with Gasteiger partial charge < -0.3 is 4.74 Å². The highest BCUT2D eigenvalue weighted by Gasteiger charge is 2.32. The number of halogens is 1. The molecule has 0 saturated carbocycles. The summed E-state index contributed by atoms with van der Waals surface area (Å²) in [4.78, 5) is 19.0. The van der Waals surface area contributed by atoms with Crippen molar-refractivity contribution in [2.24, 2.45) is 4.99 Å². The summed E-state index contributed by atoms with van der Waals surface area (Å²) in [5, 5.41) is 9.05. The summed E-state index contributed by atoms with van der Waals surface area (Å²) in [5.41, 5.74) is 0.962. The van der Waals surface area contributed by atoms with Crippen LogP contribution in [0.15, 0.2) is 58.4 Å². The quantitative estimate of drug-likeness (QED) is 0.722. The average Bonchev–Trinajstić information content (AvgIpc) is 2.96. The Morgan fingerprint density at radius 1 is 1.30 bits per heavy atom. The topological polar surface area (TPSA) is 65.7 Å². The fourth-order valence-electron chi connectivity index (χ4n) is 2.48. The smallest absolute Gasteiger partial charge is 0.266 e. The number of nitrogens with zero attached hydrogens (tertiary/aromatic N) is 3. The summed E-state index contributed by atoms with van der Waals surface area (Å²) in [6.07, 6.45) is 1.73. The zero-order valence-electron chi connectivity index (χ0n) is 14.6. The second-order valence-corrected chi connectivity index (χ2v) is 6.53. The van der Waals surface area contributed by atoms with Crippen LogP contribution in [-0.2, 0) is 4.79 Å². The van der Waals surface area contributed by atoms with Crippen molar-refractivity contribution < 1.29 is 13.9 Å². The van der Waals surface area contributed by atoms with Gasteiger partial charge in [0.15, 0.2) is 11.8 Å². The Kier molecular flexibility index (Phi) is 5.89. The first-order valence-electron chi connectivity index (χ1n) is 8.27. The van der Waals surface area contributed by atoms with E-state index in [9.17, 15) is 9.18 Å². The van der Waals surface area contributed by atoms with E-state index >= 15 is 0 Å². The number of amides is 1. The Bertz CT molecular complexity index is 966. The maximum Gasteiger partial charge on any atom is 0.266 e. The summed E-state index contributed by atoms with van der Waals surface area (Å²) in [6, 6.07) is 15.2. The summed E-state index contributed by atoms with van der Waals surface area (Å²) < 4.78 is 19.2. The van der Waals surface area contributed by atoms with Crippen LogP contribution < -0.4 is 4.74 Å². The van der Waals surface area contributed by atoms with Crippen LogP contribution in [-0.4, -0.2) is 29.1 Å². The van der Waals surface area contributed by atoms with E-state index in [-0.39, 0.29) is 18.2 Å². The lowest BCUT2D eigenvalue weighted by Crippen LogP contribution is -2.28. The van der Waals surface area contributed by atoms with Gasteiger partial charge in [0, 0.05) is 6.54 Å². The van der Waals surface area contributed by atoms with Gasteiger partial charge >= 0.3 is 0 Å². The van der Waals surface area contributed by atoms with Gasteiger partial charge in [0.1, 0.15) is 23.3 Å². The van der Waals surface area contributed by atoms with Crippen LogP contribution in [0.3, 0.4) is 0 Å². The minimum atomic E-state index is -0.436. The lowest BCUT2D eigenvalue weighted by atomic mass is 10.2. The van der Waals surface area contributed by atoms with Gasteiger partial charge in [-0.25, -0.2) is 9.38 Å². The van der Waals surface area contributed by atoms with E-state index in [0.717, 1.165) is 5.56 Å². The number of ether oxygens (including phenoxy) is 1. The molecule has 0 aromatic heterocycles. The molecule has 1 heterocycles. The second-order valence-electron chi connectivity index (χ2n) is 5.53. The first-order valence-corrected chi connectivity index (χ1v) is 9.08. The highest BCUT2D eigenvalue weighted by Crippen LogP contribution is 2.34. The minimum Gasteiger partial charge on any atom is -0.479 e. The highest BCUT2D eigenvalue weighted by atomic mass is 32.2. The number of benzene rings is 2. The summed E-state index contributed by atoms with van der Waals surface area (Å²) in [7, 11) is 0. The third-order valence-corrected chi connectivity index (χ3v) is 4.74. The SMILES string of the molecule is CCN1C(=O)/C(=C\c2cccc(OCC#N)c2)SC1=Nc1ccccc1F. The number of aliphatic imine (C=N–C) groups is 1. The molecule has 0 atom stereocenters. The predicted octanol–water partition coefficient (Wildman–Crippen LogP) is 4.35. The van der Waals surface area contributed by atoms with Gasteiger partial charge in [-0.3, -0.25) is 9.69 Å². The summed E-state index contributed by atoms with van der Waals surface area (Å²) in [6.45, 7) is 2.23. The molecule has 2 aromatic rings. The van der Waals surface area contributed by atoms with Crippen LogP contribution in [0, 0.1) is 17.1 Å². The zero-order chi connectivity index (χ0) is 19.2. The van der Waals surface area contributed by atoms with E-state index in [1.54, 1.807) is 42.5 Å². The van der Waals surface area contributed by atoms with Crippen molar-refractivity contribution in [3.63, 3.8) is 0 Å². The van der Waals surface area contributed by atoms with Crippen molar-refractivity contribution in [1.82, 2.24) is 4.90 Å². The molecule has 0 N–H and O–H groups in total. The summed E-state index contributed by atoms with van der Waals surface area (Å²) in [5.74, 6) is -0.0660. The molecule has 1 aliphatic heterocycles. The van der Waals surface area contributed by atoms with Crippen LogP contribution in [0.2, 0.25) is 0 Å². The number of hydrogen-bond donors (Lipinski definition) is 0. The van der Waals surface area contributed by atoms with Crippen LogP contribution >= 0.6 is 11.8 Å². The number of likely N-dealkylation sites (N-methyl/N-ethyl adjacent to an activating group) is 1. The van der Waals surface area contributed by atoms with E-state index in [0.29, 0.717) is 22.4 Å². The molecule has 0 bridgehead atoms. The normalized spacial score (nSPS) is 16.8. The number of carbonyl (C=O) groups excluding carboxylic acids is 1. The Morgan fingerprint density at radius 3 is 2.85 bits per heavy atom. The molecule has 1 saturated heterocycles. The molecule has 1 amide bonds. The molecule has 0 radical (unpaired) electrons. The highest BCUT2D eigenvalue weighted by molar-refractivity contribution is 8.18. The van der Waals surface area contributed by atoms with E-state index < -0.39 is 5.82 Å². The molecular weight excluding hydrogens is 365 g/mol. The molecular formula is C20H16FN3O2S. The number of nitriles is 1. The van der Waals surface area contributed by atoms with Crippen molar-refractivity contribution in [2.45, 2.75) is 6.92 Å². The average molecular weight is 381 g/mol. The molecule has 0 spiro atoms. The minimum absolute atomic E-state index is 0.0449. The van der Waals surface area contributed by atoms with E-state index in [1.165, 1.54) is 22.7 Å². The van der Waals surface area contributed by atoms with E-state index in [1.807, 2.05) is 19.1 Å². The number of amidine groups is 1. The maximum atomic E-state index is 13.9. The number of para-hydroxylation sites is 1. The van der Waals surface area contributed by atoms with Gasteiger partial charge in [0.2, 0.25) is 0 Å². The number of rotatable bonds is 5. The molecule has 0 unspecified atom stereocenters. The molecule has 0 aliphatic carbocycles. The molecule has 1 fully saturated rings. The molecule has 136 valence electrons.